The van der Waals surface area contributed by atoms with Gasteiger partial charge in [0.1, 0.15) is 0 Å². The number of hydrogen-bond donors (Lipinski definition) is 1. The number of hydrogen-bond acceptors (Lipinski definition) is 5. The molecular weight excluding hydrogens is 298 g/mol. The van der Waals surface area contributed by atoms with Gasteiger partial charge in [-0.15, -0.1) is 0 Å². The van der Waals surface area contributed by atoms with Crippen molar-refractivity contribution < 1.29 is 9.90 Å². The van der Waals surface area contributed by atoms with Crippen LogP contribution >= 0.6 is 11.9 Å². The highest BCUT2D eigenvalue weighted by Gasteiger charge is 2.55. The van der Waals surface area contributed by atoms with Crippen molar-refractivity contribution in [3.63, 3.8) is 0 Å². The van der Waals surface area contributed by atoms with Gasteiger partial charge in [-0.05, 0) is 32.6 Å². The lowest BCUT2D eigenvalue weighted by atomic mass is 9.65. The monoisotopic (exact) mass is 327 g/mol. The van der Waals surface area contributed by atoms with Gasteiger partial charge in [-0.25, -0.2) is 4.31 Å². The Balaban J connectivity index is 1.73. The third-order valence-electron chi connectivity index (χ3n) is 6.02. The largest absolute Gasteiger partial charge is 0.387 e. The van der Waals surface area contributed by atoms with E-state index in [2.05, 4.69) is 16.3 Å². The van der Waals surface area contributed by atoms with Gasteiger partial charge in [0.05, 0.1) is 18.7 Å². The zero-order valence-corrected chi connectivity index (χ0v) is 14.7. The summed E-state index contributed by atoms with van der Waals surface area (Å²) in [4.78, 5) is 16.7. The molecule has 1 aliphatic carbocycles. The molecule has 0 aromatic carbocycles. The number of carbonyl (C=O) groups excluding carboxylic acids is 1. The molecule has 0 radical (unpaired) electrons. The van der Waals surface area contributed by atoms with E-state index in [0.717, 1.165) is 45.4 Å². The molecule has 1 atom stereocenters. The molecule has 1 N–H and O–H groups in total. The lowest BCUT2D eigenvalue weighted by Crippen LogP contribution is -2.64. The molecule has 1 saturated carbocycles. The van der Waals surface area contributed by atoms with E-state index in [1.165, 1.54) is 12.8 Å². The van der Waals surface area contributed by atoms with Crippen LogP contribution in [0.25, 0.3) is 0 Å². The van der Waals surface area contributed by atoms with Crippen LogP contribution in [0.2, 0.25) is 0 Å². The summed E-state index contributed by atoms with van der Waals surface area (Å²) in [7, 11) is 2.15. The fourth-order valence-electron chi connectivity index (χ4n) is 4.63. The molecule has 5 nitrogen and oxygen atoms in total. The fourth-order valence-corrected chi connectivity index (χ4v) is 5.14. The van der Waals surface area contributed by atoms with Crippen LogP contribution in [0.1, 0.15) is 32.1 Å². The van der Waals surface area contributed by atoms with Gasteiger partial charge >= 0.3 is 0 Å². The molecule has 6 heteroatoms. The number of β-amino-alcohol motifs (C(OH)–C–C–N with tert-alkyl or cyclic N) is 1. The molecule has 2 saturated heterocycles. The van der Waals surface area contributed by atoms with Gasteiger partial charge in [0.15, 0.2) is 0 Å². The van der Waals surface area contributed by atoms with Crippen LogP contribution in [-0.4, -0.2) is 83.3 Å². The minimum atomic E-state index is -0.701. The zero-order valence-electron chi connectivity index (χ0n) is 13.9. The lowest BCUT2D eigenvalue weighted by molar-refractivity contribution is -0.159. The average Bonchev–Trinajstić information content (AvgIpc) is 2.96. The Labute approximate surface area is 138 Å². The van der Waals surface area contributed by atoms with E-state index in [9.17, 15) is 9.90 Å². The average molecular weight is 327 g/mol. The number of aliphatic hydroxyl groups is 1. The molecule has 3 rings (SSSR count). The second kappa shape index (κ2) is 6.30. The van der Waals surface area contributed by atoms with Gasteiger partial charge in [0, 0.05) is 31.6 Å². The molecule has 0 bridgehead atoms. The predicted octanol–water partition coefficient (Wildman–Crippen LogP) is 1.04. The normalized spacial score (nSPS) is 33.8. The van der Waals surface area contributed by atoms with Gasteiger partial charge in [-0.3, -0.25) is 4.79 Å². The number of likely N-dealkylation sites (tertiary alicyclic amines) is 1. The van der Waals surface area contributed by atoms with Crippen molar-refractivity contribution in [1.29, 1.82) is 0 Å². The molecular formula is C16H29N3O2S. The summed E-state index contributed by atoms with van der Waals surface area (Å²) >= 11 is 1.63. The number of rotatable bonds is 3. The Morgan fingerprint density at radius 3 is 2.55 bits per heavy atom. The topological polar surface area (TPSA) is 47.0 Å². The first kappa shape index (κ1) is 16.6. The molecule has 3 aliphatic rings. The summed E-state index contributed by atoms with van der Waals surface area (Å²) in [6.07, 6.45) is 7.44. The second-order valence-electron chi connectivity index (χ2n) is 7.37. The smallest absolute Gasteiger partial charge is 0.237 e. The third-order valence-corrected chi connectivity index (χ3v) is 6.85. The van der Waals surface area contributed by atoms with Crippen molar-refractivity contribution in [3.05, 3.63) is 0 Å². The van der Waals surface area contributed by atoms with E-state index >= 15 is 0 Å². The van der Waals surface area contributed by atoms with Crippen molar-refractivity contribution in [1.82, 2.24) is 14.1 Å². The van der Waals surface area contributed by atoms with Gasteiger partial charge in [0.2, 0.25) is 5.91 Å². The van der Waals surface area contributed by atoms with Crippen LogP contribution < -0.4 is 0 Å². The molecule has 0 aromatic rings. The van der Waals surface area contributed by atoms with Crippen molar-refractivity contribution in [2.75, 3.05) is 52.6 Å². The first-order valence-corrected chi connectivity index (χ1v) is 9.64. The summed E-state index contributed by atoms with van der Waals surface area (Å²) in [5, 5.41) is 11.5. The Morgan fingerprint density at radius 2 is 1.91 bits per heavy atom. The van der Waals surface area contributed by atoms with Gasteiger partial charge in [-0.1, -0.05) is 24.8 Å². The van der Waals surface area contributed by atoms with Gasteiger partial charge in [-0.2, -0.15) is 0 Å². The van der Waals surface area contributed by atoms with Crippen LogP contribution in [0.5, 0.6) is 0 Å². The molecule has 2 aliphatic heterocycles. The molecule has 3 fully saturated rings. The Morgan fingerprint density at radius 1 is 1.18 bits per heavy atom. The van der Waals surface area contributed by atoms with Crippen molar-refractivity contribution >= 4 is 17.9 Å². The van der Waals surface area contributed by atoms with E-state index < -0.39 is 5.60 Å². The highest BCUT2D eigenvalue weighted by atomic mass is 32.2. The number of piperazine rings is 1. The molecule has 22 heavy (non-hydrogen) atoms. The molecule has 0 aromatic heterocycles. The zero-order chi connectivity index (χ0) is 15.8. The summed E-state index contributed by atoms with van der Waals surface area (Å²) in [6.45, 7) is 4.55. The quantitative estimate of drug-likeness (QED) is 0.785. The summed E-state index contributed by atoms with van der Waals surface area (Å²) in [5.74, 6) is 0.168. The number of carbonyl (C=O) groups is 1. The molecule has 1 unspecified atom stereocenters. The maximum atomic E-state index is 12.4. The first-order valence-electron chi connectivity index (χ1n) is 8.46. The minimum absolute atomic E-state index is 0.00305. The Bertz CT molecular complexity index is 428. The van der Waals surface area contributed by atoms with Crippen LogP contribution in [0, 0.1) is 5.41 Å². The minimum Gasteiger partial charge on any atom is -0.387 e. The van der Waals surface area contributed by atoms with Crippen molar-refractivity contribution in [2.45, 2.75) is 37.7 Å². The van der Waals surface area contributed by atoms with E-state index in [0.29, 0.717) is 13.1 Å². The number of amides is 1. The summed E-state index contributed by atoms with van der Waals surface area (Å²) in [5.41, 5.74) is -0.704. The predicted molar refractivity (Wildman–Crippen MR) is 89.6 cm³/mol. The van der Waals surface area contributed by atoms with Crippen LogP contribution in [0.3, 0.4) is 0 Å². The van der Waals surface area contributed by atoms with Gasteiger partial charge in [0.25, 0.3) is 0 Å². The molecule has 2 heterocycles. The van der Waals surface area contributed by atoms with Crippen LogP contribution in [-0.2, 0) is 4.79 Å². The van der Waals surface area contributed by atoms with Crippen molar-refractivity contribution in [3.8, 4) is 0 Å². The fraction of sp³-hybridized carbons (Fsp3) is 0.938. The first-order chi connectivity index (χ1) is 10.5. The van der Waals surface area contributed by atoms with Gasteiger partial charge < -0.3 is 14.9 Å². The van der Waals surface area contributed by atoms with Crippen LogP contribution in [0.15, 0.2) is 0 Å². The Hall–Kier alpha value is -0.300. The summed E-state index contributed by atoms with van der Waals surface area (Å²) in [6, 6.07) is 0. The highest BCUT2D eigenvalue weighted by molar-refractivity contribution is 7.96. The maximum absolute atomic E-state index is 12.4. The van der Waals surface area contributed by atoms with E-state index in [4.69, 9.17) is 0 Å². The van der Waals surface area contributed by atoms with Crippen LogP contribution in [0.4, 0.5) is 0 Å². The Kier molecular flexibility index (Phi) is 4.74. The maximum Gasteiger partial charge on any atom is 0.237 e. The highest BCUT2D eigenvalue weighted by Crippen LogP contribution is 2.51. The SMILES string of the molecule is CSN1CCN(CC2(O)CCN(C)CC23CCCC3)C(=O)C1. The molecule has 126 valence electrons. The van der Waals surface area contributed by atoms with E-state index in [1.807, 2.05) is 11.2 Å². The van der Waals surface area contributed by atoms with E-state index in [1.54, 1.807) is 11.9 Å². The lowest BCUT2D eigenvalue weighted by Gasteiger charge is -2.53. The molecule has 1 amide bonds. The standard InChI is InChI=1S/C16H29N3O2S/c1-17-8-7-16(21,15(12-17)5-3-4-6-15)13-18-9-10-19(22-2)11-14(18)20/h21H,3-13H2,1-2H3. The third kappa shape index (κ3) is 2.90. The summed E-state index contributed by atoms with van der Waals surface area (Å²) < 4.78 is 2.10. The van der Waals surface area contributed by atoms with E-state index in [-0.39, 0.29) is 11.3 Å². The van der Waals surface area contributed by atoms with Crippen molar-refractivity contribution in [2.24, 2.45) is 5.41 Å². The molecule has 1 spiro atoms. The second-order valence-corrected chi connectivity index (χ2v) is 8.25. The number of nitrogens with zero attached hydrogens (tertiary/aromatic N) is 3. The number of piperidine rings is 1.